The first-order valence-electron chi connectivity index (χ1n) is 21.2. The van der Waals surface area contributed by atoms with Crippen LogP contribution in [0.25, 0.3) is 88.0 Å². The van der Waals surface area contributed by atoms with Crippen molar-refractivity contribution in [1.82, 2.24) is 9.13 Å². The highest BCUT2D eigenvalue weighted by Crippen LogP contribution is 2.57. The van der Waals surface area contributed by atoms with Gasteiger partial charge < -0.3 is 9.13 Å². The van der Waals surface area contributed by atoms with Crippen LogP contribution in [0.4, 0.5) is 0 Å². The number of rotatable bonds is 5. The lowest BCUT2D eigenvalue weighted by atomic mass is 9.67. The van der Waals surface area contributed by atoms with Crippen molar-refractivity contribution < 1.29 is 0 Å². The van der Waals surface area contributed by atoms with Crippen LogP contribution in [-0.4, -0.2) is 9.13 Å². The predicted molar refractivity (Wildman–Crippen MR) is 255 cm³/mol. The van der Waals surface area contributed by atoms with Crippen LogP contribution in [0.1, 0.15) is 22.3 Å². The molecule has 2 nitrogen and oxygen atoms in total. The molecule has 0 saturated heterocycles. The van der Waals surface area contributed by atoms with E-state index in [0.717, 1.165) is 0 Å². The Morgan fingerprint density at radius 3 is 1.57 bits per heavy atom. The van der Waals surface area contributed by atoms with Gasteiger partial charge in [0.15, 0.2) is 0 Å². The van der Waals surface area contributed by atoms with Crippen molar-refractivity contribution in [3.63, 3.8) is 0 Å². The largest absolute Gasteiger partial charge is 0.309 e. The van der Waals surface area contributed by atoms with E-state index in [-0.39, 0.29) is 0 Å². The van der Waals surface area contributed by atoms with Crippen molar-refractivity contribution in [1.29, 1.82) is 0 Å². The highest BCUT2D eigenvalue weighted by atomic mass is 15.0. The average molecular weight is 775 g/mol. The summed E-state index contributed by atoms with van der Waals surface area (Å²) >= 11 is 0. The van der Waals surface area contributed by atoms with Gasteiger partial charge in [0.1, 0.15) is 0 Å². The van der Waals surface area contributed by atoms with Crippen molar-refractivity contribution in [3.8, 4) is 33.6 Å². The monoisotopic (exact) mass is 774 g/mol. The second kappa shape index (κ2) is 13.0. The summed E-state index contributed by atoms with van der Waals surface area (Å²) in [5.74, 6) is 0. The standard InChI is InChI=1S/C59H38N2/c1-4-19-42(20-5-1)59(43-21-6-2-7-22-43)52-28-14-12-26-46(52)48-38-58-51(37-53(48)59)50-36-41(32-34-57(50)61(58)54-30-16-18-39-17-10-11-25-45(39)54)40-31-33-56-49(35-40)47-27-13-15-29-55(47)60(56)44-23-8-3-9-24-44/h1-38H. The Morgan fingerprint density at radius 1 is 0.295 bits per heavy atom. The van der Waals surface area contributed by atoms with E-state index in [1.807, 2.05) is 0 Å². The summed E-state index contributed by atoms with van der Waals surface area (Å²) < 4.78 is 4.90. The molecule has 13 rings (SSSR count). The van der Waals surface area contributed by atoms with Crippen molar-refractivity contribution in [2.24, 2.45) is 0 Å². The topological polar surface area (TPSA) is 9.86 Å². The molecule has 0 N–H and O–H groups in total. The minimum absolute atomic E-state index is 0.494. The Labute approximate surface area is 353 Å². The maximum atomic E-state index is 2.54. The molecular weight excluding hydrogens is 737 g/mol. The molecule has 1 aliphatic rings. The van der Waals surface area contributed by atoms with Crippen LogP contribution in [0.2, 0.25) is 0 Å². The first-order chi connectivity index (χ1) is 30.3. The summed E-state index contributed by atoms with van der Waals surface area (Å²) in [6.07, 6.45) is 0. The minimum Gasteiger partial charge on any atom is -0.309 e. The van der Waals surface area contributed by atoms with Crippen LogP contribution in [0, 0.1) is 0 Å². The van der Waals surface area contributed by atoms with E-state index in [1.54, 1.807) is 0 Å². The van der Waals surface area contributed by atoms with Gasteiger partial charge in [0, 0.05) is 32.6 Å². The van der Waals surface area contributed by atoms with Crippen LogP contribution in [0.3, 0.4) is 0 Å². The summed E-state index contributed by atoms with van der Waals surface area (Å²) in [7, 11) is 0. The molecule has 2 aromatic heterocycles. The fourth-order valence-electron chi connectivity index (χ4n) is 10.8. The van der Waals surface area contributed by atoms with Crippen LogP contribution in [0.15, 0.2) is 231 Å². The fraction of sp³-hybridized carbons (Fsp3) is 0.0169. The highest BCUT2D eigenvalue weighted by molar-refractivity contribution is 6.15. The Balaban J connectivity index is 1.12. The Hall–Kier alpha value is -7.94. The molecule has 0 atom stereocenters. The van der Waals surface area contributed by atoms with Gasteiger partial charge in [-0.25, -0.2) is 0 Å². The van der Waals surface area contributed by atoms with Gasteiger partial charge in [0.2, 0.25) is 0 Å². The lowest BCUT2D eigenvalue weighted by Crippen LogP contribution is -2.28. The zero-order valence-electron chi connectivity index (χ0n) is 33.3. The molecule has 0 radical (unpaired) electrons. The smallest absolute Gasteiger partial charge is 0.0713 e. The van der Waals surface area contributed by atoms with Crippen LogP contribution in [0.5, 0.6) is 0 Å². The Morgan fingerprint density at radius 2 is 0.836 bits per heavy atom. The maximum Gasteiger partial charge on any atom is 0.0713 e. The van der Waals surface area contributed by atoms with E-state index in [9.17, 15) is 0 Å². The molecule has 0 unspecified atom stereocenters. The molecule has 0 bridgehead atoms. The molecule has 284 valence electrons. The van der Waals surface area contributed by atoms with Crippen LogP contribution < -0.4 is 0 Å². The van der Waals surface area contributed by atoms with Gasteiger partial charge in [-0.05, 0) is 111 Å². The molecule has 0 spiro atoms. The van der Waals surface area contributed by atoms with E-state index in [1.165, 1.54) is 110 Å². The molecule has 0 amide bonds. The lowest BCUT2D eigenvalue weighted by molar-refractivity contribution is 0.769. The molecule has 1 aliphatic carbocycles. The first-order valence-corrected chi connectivity index (χ1v) is 21.2. The zero-order valence-corrected chi connectivity index (χ0v) is 33.3. The molecule has 2 heteroatoms. The Kier molecular flexibility index (Phi) is 7.26. The number of para-hydroxylation sites is 2. The van der Waals surface area contributed by atoms with Crippen molar-refractivity contribution >= 4 is 54.4 Å². The van der Waals surface area contributed by atoms with Crippen LogP contribution >= 0.6 is 0 Å². The van der Waals surface area contributed by atoms with Gasteiger partial charge in [-0.15, -0.1) is 0 Å². The summed E-state index contributed by atoms with van der Waals surface area (Å²) in [6, 6.07) is 85.4. The number of benzene rings is 10. The van der Waals surface area contributed by atoms with Gasteiger partial charge >= 0.3 is 0 Å². The number of hydrogen-bond acceptors (Lipinski definition) is 0. The second-order valence-corrected chi connectivity index (χ2v) is 16.4. The normalized spacial score (nSPS) is 13.0. The summed E-state index contributed by atoms with van der Waals surface area (Å²) in [5, 5.41) is 7.45. The number of fused-ring (bicyclic) bond motifs is 10. The molecule has 61 heavy (non-hydrogen) atoms. The SMILES string of the molecule is c1ccc(-n2c3ccccc3c3cc(-c4ccc5c(c4)c4cc6c(cc4n5-c4cccc5ccccc45)-c4ccccc4C6(c4ccccc4)c4ccccc4)ccc32)cc1. The maximum absolute atomic E-state index is 2.54. The van der Waals surface area contributed by atoms with E-state index in [2.05, 4.69) is 240 Å². The predicted octanol–water partition coefficient (Wildman–Crippen LogP) is 15.1. The first kappa shape index (κ1) is 34.0. The summed E-state index contributed by atoms with van der Waals surface area (Å²) in [6.45, 7) is 0. The van der Waals surface area contributed by atoms with E-state index >= 15 is 0 Å². The minimum atomic E-state index is -0.494. The summed E-state index contributed by atoms with van der Waals surface area (Å²) in [5.41, 5.74) is 16.8. The molecule has 0 aliphatic heterocycles. The van der Waals surface area contributed by atoms with E-state index < -0.39 is 5.41 Å². The van der Waals surface area contributed by atoms with Gasteiger partial charge in [0.05, 0.1) is 33.2 Å². The van der Waals surface area contributed by atoms with Gasteiger partial charge in [-0.2, -0.15) is 0 Å². The number of nitrogens with zero attached hydrogens (tertiary/aromatic N) is 2. The zero-order chi connectivity index (χ0) is 40.1. The quantitative estimate of drug-likeness (QED) is 0.165. The van der Waals surface area contributed by atoms with Crippen molar-refractivity contribution in [2.45, 2.75) is 5.41 Å². The van der Waals surface area contributed by atoms with E-state index in [4.69, 9.17) is 0 Å². The molecule has 2 heterocycles. The van der Waals surface area contributed by atoms with Gasteiger partial charge in [-0.1, -0.05) is 170 Å². The van der Waals surface area contributed by atoms with E-state index in [0.29, 0.717) is 0 Å². The summed E-state index contributed by atoms with van der Waals surface area (Å²) in [4.78, 5) is 0. The third-order valence-electron chi connectivity index (χ3n) is 13.4. The van der Waals surface area contributed by atoms with Crippen molar-refractivity contribution in [2.75, 3.05) is 0 Å². The average Bonchev–Trinajstić information content (AvgIpc) is 3.94. The molecular formula is C59H38N2. The molecule has 0 fully saturated rings. The van der Waals surface area contributed by atoms with Gasteiger partial charge in [0.25, 0.3) is 0 Å². The number of aromatic nitrogens is 2. The van der Waals surface area contributed by atoms with Crippen LogP contribution in [-0.2, 0) is 5.41 Å². The Bertz CT molecular complexity index is 3640. The molecule has 0 saturated carbocycles. The third-order valence-corrected chi connectivity index (χ3v) is 13.4. The molecule has 12 aromatic rings. The highest BCUT2D eigenvalue weighted by Gasteiger charge is 2.46. The molecule has 10 aromatic carbocycles. The second-order valence-electron chi connectivity index (χ2n) is 16.4. The number of hydrogen-bond donors (Lipinski definition) is 0. The van der Waals surface area contributed by atoms with Crippen molar-refractivity contribution in [3.05, 3.63) is 253 Å². The third kappa shape index (κ3) is 4.79. The van der Waals surface area contributed by atoms with Gasteiger partial charge in [-0.3, -0.25) is 0 Å². The fourth-order valence-corrected chi connectivity index (χ4v) is 10.8. The lowest BCUT2D eigenvalue weighted by Gasteiger charge is -2.34.